The van der Waals surface area contributed by atoms with Gasteiger partial charge in [0.25, 0.3) is 0 Å². The zero-order valence-corrected chi connectivity index (χ0v) is 18.2. The first-order chi connectivity index (χ1) is 13.9. The van der Waals surface area contributed by atoms with Crippen LogP contribution in [-0.2, 0) is 0 Å². The monoisotopic (exact) mass is 394 g/mol. The molecule has 4 rings (SSSR count). The molecule has 1 unspecified atom stereocenters. The third-order valence-corrected chi connectivity index (χ3v) is 7.62. The molecule has 3 nitrogen and oxygen atoms in total. The quantitative estimate of drug-likeness (QED) is 0.744. The van der Waals surface area contributed by atoms with Crippen LogP contribution in [-0.4, -0.2) is 40.8 Å². The van der Waals surface area contributed by atoms with Crippen LogP contribution in [0, 0.1) is 5.92 Å². The van der Waals surface area contributed by atoms with E-state index in [0.29, 0.717) is 5.92 Å². The van der Waals surface area contributed by atoms with Crippen molar-refractivity contribution in [1.29, 1.82) is 0 Å². The number of likely N-dealkylation sites (tertiary alicyclic amines) is 1. The fraction of sp³-hybridized carbons (Fsp3) is 0.615. The lowest BCUT2D eigenvalue weighted by atomic mass is 9.72. The molecule has 1 saturated heterocycles. The minimum absolute atomic E-state index is 0.0919. The standard InChI is InChI=1S/C26H38N2O/c1-25(2,27)23-12-16-28(17-13-23)19-24(26(29)14-6-3-7-15-26)22-11-10-20-8-4-5-9-21(20)18-22/h4-5,8-11,18,23-24,29H,3,6-7,12-17,19,27H2,1-2H3. The van der Waals surface area contributed by atoms with Gasteiger partial charge in [-0.15, -0.1) is 0 Å². The summed E-state index contributed by atoms with van der Waals surface area (Å²) in [4.78, 5) is 2.58. The summed E-state index contributed by atoms with van der Waals surface area (Å²) in [6, 6.07) is 15.4. The molecule has 158 valence electrons. The Morgan fingerprint density at radius 1 is 1.03 bits per heavy atom. The molecule has 1 atom stereocenters. The van der Waals surface area contributed by atoms with Crippen molar-refractivity contribution in [2.24, 2.45) is 11.7 Å². The molecule has 0 bridgehead atoms. The molecule has 2 aromatic carbocycles. The van der Waals surface area contributed by atoms with Gasteiger partial charge in [-0.25, -0.2) is 0 Å². The number of piperidine rings is 1. The Labute approximate surface area is 176 Å². The maximum Gasteiger partial charge on any atom is 0.0728 e. The Bertz CT molecular complexity index is 811. The molecule has 1 aliphatic heterocycles. The van der Waals surface area contributed by atoms with E-state index in [0.717, 1.165) is 58.2 Å². The van der Waals surface area contributed by atoms with Crippen LogP contribution in [0.5, 0.6) is 0 Å². The zero-order valence-electron chi connectivity index (χ0n) is 18.2. The van der Waals surface area contributed by atoms with Gasteiger partial charge in [-0.05, 0) is 74.9 Å². The maximum atomic E-state index is 11.7. The van der Waals surface area contributed by atoms with Gasteiger partial charge in [0, 0.05) is 18.0 Å². The first-order valence-corrected chi connectivity index (χ1v) is 11.6. The van der Waals surface area contributed by atoms with Crippen molar-refractivity contribution in [2.75, 3.05) is 19.6 Å². The van der Waals surface area contributed by atoms with Gasteiger partial charge in [0.1, 0.15) is 0 Å². The molecule has 1 heterocycles. The smallest absolute Gasteiger partial charge is 0.0728 e. The number of hydrogen-bond donors (Lipinski definition) is 2. The van der Waals surface area contributed by atoms with E-state index in [2.05, 4.69) is 61.2 Å². The minimum atomic E-state index is -0.579. The summed E-state index contributed by atoms with van der Waals surface area (Å²) < 4.78 is 0. The molecule has 1 aliphatic carbocycles. The molecular weight excluding hydrogens is 356 g/mol. The molecule has 29 heavy (non-hydrogen) atoms. The molecule has 3 N–H and O–H groups in total. The lowest BCUT2D eigenvalue weighted by molar-refractivity contribution is -0.0339. The van der Waals surface area contributed by atoms with Crippen molar-refractivity contribution in [1.82, 2.24) is 4.90 Å². The van der Waals surface area contributed by atoms with Crippen LogP contribution in [0.25, 0.3) is 10.8 Å². The number of benzene rings is 2. The zero-order chi connectivity index (χ0) is 20.5. The lowest BCUT2D eigenvalue weighted by Crippen LogP contribution is -2.50. The average Bonchev–Trinajstić information content (AvgIpc) is 2.72. The Balaban J connectivity index is 1.57. The van der Waals surface area contributed by atoms with Gasteiger partial charge >= 0.3 is 0 Å². The second-order valence-corrected chi connectivity index (χ2v) is 10.2. The van der Waals surface area contributed by atoms with Crippen molar-refractivity contribution in [2.45, 2.75) is 75.9 Å². The Kier molecular flexibility index (Phi) is 6.02. The Hall–Kier alpha value is -1.42. The first kappa shape index (κ1) is 20.8. The van der Waals surface area contributed by atoms with Crippen molar-refractivity contribution < 1.29 is 5.11 Å². The first-order valence-electron chi connectivity index (χ1n) is 11.6. The SMILES string of the molecule is CC(C)(N)C1CCN(CC(c2ccc3ccccc3c2)C2(O)CCCCC2)CC1. The molecule has 2 aromatic rings. The predicted octanol–water partition coefficient (Wildman–Crippen LogP) is 5.07. The summed E-state index contributed by atoms with van der Waals surface area (Å²) in [6.07, 6.45) is 7.71. The predicted molar refractivity (Wildman–Crippen MR) is 122 cm³/mol. The van der Waals surface area contributed by atoms with Crippen LogP contribution in [0.2, 0.25) is 0 Å². The molecular formula is C26H38N2O. The Morgan fingerprint density at radius 2 is 1.69 bits per heavy atom. The molecule has 2 fully saturated rings. The number of hydrogen-bond acceptors (Lipinski definition) is 3. The third-order valence-electron chi connectivity index (χ3n) is 7.62. The second kappa shape index (κ2) is 8.37. The summed E-state index contributed by atoms with van der Waals surface area (Å²) in [5.74, 6) is 0.769. The highest BCUT2D eigenvalue weighted by Crippen LogP contribution is 2.41. The van der Waals surface area contributed by atoms with Gasteiger partial charge in [-0.2, -0.15) is 0 Å². The van der Waals surface area contributed by atoms with Gasteiger partial charge < -0.3 is 15.7 Å². The van der Waals surface area contributed by atoms with Crippen LogP contribution < -0.4 is 5.73 Å². The highest BCUT2D eigenvalue weighted by Gasteiger charge is 2.40. The fourth-order valence-corrected chi connectivity index (χ4v) is 5.64. The van der Waals surface area contributed by atoms with Crippen LogP contribution in [0.15, 0.2) is 42.5 Å². The largest absolute Gasteiger partial charge is 0.389 e. The number of nitrogens with zero attached hydrogens (tertiary/aromatic N) is 1. The summed E-state index contributed by atoms with van der Waals surface area (Å²) >= 11 is 0. The normalized spacial score (nSPS) is 22.6. The molecule has 0 radical (unpaired) electrons. The highest BCUT2D eigenvalue weighted by atomic mass is 16.3. The molecule has 0 spiro atoms. The second-order valence-electron chi connectivity index (χ2n) is 10.2. The summed E-state index contributed by atoms with van der Waals surface area (Å²) in [6.45, 7) is 7.45. The number of nitrogens with two attached hydrogens (primary N) is 1. The topological polar surface area (TPSA) is 49.5 Å². The van der Waals surface area contributed by atoms with Crippen LogP contribution in [0.4, 0.5) is 0 Å². The average molecular weight is 395 g/mol. The number of fused-ring (bicyclic) bond motifs is 1. The molecule has 1 saturated carbocycles. The van der Waals surface area contributed by atoms with E-state index < -0.39 is 5.60 Å². The number of aliphatic hydroxyl groups is 1. The van der Waals surface area contributed by atoms with Gasteiger partial charge in [-0.3, -0.25) is 0 Å². The highest BCUT2D eigenvalue weighted by molar-refractivity contribution is 5.83. The number of rotatable bonds is 5. The molecule has 0 amide bonds. The van der Waals surface area contributed by atoms with Crippen molar-refractivity contribution in [3.05, 3.63) is 48.0 Å². The third kappa shape index (κ3) is 4.68. The van der Waals surface area contributed by atoms with E-state index in [4.69, 9.17) is 5.73 Å². The maximum absolute atomic E-state index is 11.7. The van der Waals surface area contributed by atoms with Gasteiger partial charge in [0.15, 0.2) is 0 Å². The van der Waals surface area contributed by atoms with E-state index in [1.807, 2.05) is 0 Å². The van der Waals surface area contributed by atoms with Gasteiger partial charge in [-0.1, -0.05) is 61.7 Å². The summed E-state index contributed by atoms with van der Waals surface area (Å²) in [5, 5.41) is 14.3. The van der Waals surface area contributed by atoms with E-state index in [1.54, 1.807) is 0 Å². The minimum Gasteiger partial charge on any atom is -0.389 e. The van der Waals surface area contributed by atoms with Gasteiger partial charge in [0.05, 0.1) is 5.60 Å². The Morgan fingerprint density at radius 3 is 2.34 bits per heavy atom. The van der Waals surface area contributed by atoms with E-state index in [1.165, 1.54) is 22.8 Å². The molecule has 0 aromatic heterocycles. The van der Waals surface area contributed by atoms with Crippen molar-refractivity contribution >= 4 is 10.8 Å². The van der Waals surface area contributed by atoms with Crippen molar-refractivity contribution in [3.63, 3.8) is 0 Å². The summed E-state index contributed by atoms with van der Waals surface area (Å²) in [5.41, 5.74) is 7.01. The van der Waals surface area contributed by atoms with Gasteiger partial charge in [0.2, 0.25) is 0 Å². The van der Waals surface area contributed by atoms with Crippen molar-refractivity contribution in [3.8, 4) is 0 Å². The van der Waals surface area contributed by atoms with E-state index >= 15 is 0 Å². The lowest BCUT2D eigenvalue weighted by Gasteiger charge is -2.44. The van der Waals surface area contributed by atoms with Crippen LogP contribution >= 0.6 is 0 Å². The fourth-order valence-electron chi connectivity index (χ4n) is 5.64. The van der Waals surface area contributed by atoms with Crippen LogP contribution in [0.3, 0.4) is 0 Å². The molecule has 3 heteroatoms. The van der Waals surface area contributed by atoms with Crippen LogP contribution in [0.1, 0.15) is 70.3 Å². The van der Waals surface area contributed by atoms with E-state index in [9.17, 15) is 5.11 Å². The summed E-state index contributed by atoms with van der Waals surface area (Å²) in [7, 11) is 0. The van der Waals surface area contributed by atoms with E-state index in [-0.39, 0.29) is 11.5 Å². The molecule has 2 aliphatic rings.